The average molecular weight is 380 g/mol. The molecule has 116 valence electrons. The molecule has 0 saturated carbocycles. The minimum Gasteiger partial charge on any atom is -0.288 e. The number of halogens is 2. The zero-order chi connectivity index (χ0) is 16.4. The Morgan fingerprint density at radius 1 is 1.00 bits per heavy atom. The van der Waals surface area contributed by atoms with Gasteiger partial charge in [0.15, 0.2) is 0 Å². The second kappa shape index (κ2) is 7.05. The summed E-state index contributed by atoms with van der Waals surface area (Å²) in [5, 5.41) is 1.28. The van der Waals surface area contributed by atoms with E-state index in [-0.39, 0.29) is 5.24 Å². The lowest BCUT2D eigenvalue weighted by Crippen LogP contribution is -2.26. The van der Waals surface area contributed by atoms with Crippen LogP contribution in [0.1, 0.15) is 11.1 Å². The van der Waals surface area contributed by atoms with Gasteiger partial charge in [0.2, 0.25) is 0 Å². The van der Waals surface area contributed by atoms with Gasteiger partial charge in [0.25, 0.3) is 5.24 Å². The van der Waals surface area contributed by atoms with Crippen molar-refractivity contribution >= 4 is 63.5 Å². The van der Waals surface area contributed by atoms with Crippen LogP contribution >= 0.6 is 47.2 Å². The van der Waals surface area contributed by atoms with Crippen LogP contribution in [0.4, 0.5) is 4.79 Å². The van der Waals surface area contributed by atoms with Crippen molar-refractivity contribution < 1.29 is 4.79 Å². The van der Waals surface area contributed by atoms with E-state index in [1.807, 2.05) is 42.5 Å². The first-order chi connectivity index (χ1) is 11.0. The normalized spacial score (nSPS) is 16.4. The summed E-state index contributed by atoms with van der Waals surface area (Å²) in [6, 6.07) is 14.8. The molecule has 0 N–H and O–H groups in total. The molecule has 3 rings (SSSR count). The first-order valence-corrected chi connectivity index (χ1v) is 8.76. The van der Waals surface area contributed by atoms with E-state index >= 15 is 0 Å². The number of thioether (sulfide) groups is 1. The van der Waals surface area contributed by atoms with E-state index in [1.54, 1.807) is 17.0 Å². The minimum atomic E-state index is -0.0647. The fourth-order valence-corrected chi connectivity index (χ4v) is 3.61. The number of carbonyl (C=O) groups excluding carboxylic acids is 1. The number of carbonyl (C=O) groups is 1. The van der Waals surface area contributed by atoms with Crippen LogP contribution in [0.5, 0.6) is 0 Å². The van der Waals surface area contributed by atoms with Crippen molar-refractivity contribution in [2.24, 2.45) is 0 Å². The molecule has 1 aliphatic heterocycles. The molecule has 0 unspecified atom stereocenters. The molecule has 1 aliphatic rings. The van der Waals surface area contributed by atoms with Gasteiger partial charge in [-0.3, -0.25) is 9.69 Å². The third-order valence-electron chi connectivity index (χ3n) is 3.30. The molecule has 0 aromatic heterocycles. The standard InChI is InChI=1S/C17H11Cl2NOS2/c18-13-5-1-11(2-6-13)9-15-16(22)20(17(21)23-15)10-12-3-7-14(19)8-4-12/h1-9H,10H2/b15-9+. The van der Waals surface area contributed by atoms with Crippen molar-refractivity contribution in [2.75, 3.05) is 0 Å². The molecule has 0 aliphatic carbocycles. The topological polar surface area (TPSA) is 20.3 Å². The summed E-state index contributed by atoms with van der Waals surface area (Å²) in [7, 11) is 0. The number of hydrogen-bond acceptors (Lipinski definition) is 3. The Morgan fingerprint density at radius 3 is 2.17 bits per heavy atom. The highest BCUT2D eigenvalue weighted by Gasteiger charge is 2.31. The second-order valence-electron chi connectivity index (χ2n) is 4.95. The maximum atomic E-state index is 12.2. The Morgan fingerprint density at radius 2 is 1.57 bits per heavy atom. The molecule has 2 nitrogen and oxygen atoms in total. The maximum Gasteiger partial charge on any atom is 0.291 e. The predicted octanol–water partition coefficient (Wildman–Crippen LogP) is 6.03. The molecular formula is C17H11Cl2NOS2. The van der Waals surface area contributed by atoms with Crippen LogP contribution in [-0.4, -0.2) is 15.1 Å². The average Bonchev–Trinajstić information content (AvgIpc) is 2.79. The predicted molar refractivity (Wildman–Crippen MR) is 102 cm³/mol. The molecule has 6 heteroatoms. The Labute approximate surface area is 154 Å². The van der Waals surface area contributed by atoms with Gasteiger partial charge >= 0.3 is 0 Å². The van der Waals surface area contributed by atoms with Gasteiger partial charge in [0, 0.05) is 10.0 Å². The van der Waals surface area contributed by atoms with Crippen molar-refractivity contribution in [3.8, 4) is 0 Å². The van der Waals surface area contributed by atoms with Crippen molar-refractivity contribution in [3.05, 3.63) is 74.6 Å². The second-order valence-corrected chi connectivity index (χ2v) is 7.20. The zero-order valence-corrected chi connectivity index (χ0v) is 15.0. The number of thiocarbonyl (C=S) groups is 1. The molecule has 1 amide bonds. The largest absolute Gasteiger partial charge is 0.291 e. The summed E-state index contributed by atoms with van der Waals surface area (Å²) in [6.07, 6.45) is 1.91. The van der Waals surface area contributed by atoms with Gasteiger partial charge in [-0.1, -0.05) is 59.7 Å². The number of hydrogen-bond donors (Lipinski definition) is 0. The molecule has 23 heavy (non-hydrogen) atoms. The van der Waals surface area contributed by atoms with Crippen molar-refractivity contribution in [1.29, 1.82) is 0 Å². The van der Waals surface area contributed by atoms with Gasteiger partial charge in [0.1, 0.15) is 4.99 Å². The van der Waals surface area contributed by atoms with E-state index in [1.165, 1.54) is 0 Å². The highest BCUT2D eigenvalue weighted by atomic mass is 35.5. The van der Waals surface area contributed by atoms with Gasteiger partial charge in [-0.2, -0.15) is 0 Å². The zero-order valence-electron chi connectivity index (χ0n) is 11.8. The Kier molecular flexibility index (Phi) is 5.07. The molecule has 2 aromatic carbocycles. The van der Waals surface area contributed by atoms with Crippen LogP contribution in [0, 0.1) is 0 Å². The van der Waals surface area contributed by atoms with E-state index in [4.69, 9.17) is 35.4 Å². The molecule has 1 saturated heterocycles. The summed E-state index contributed by atoms with van der Waals surface area (Å²) < 4.78 is 0. The van der Waals surface area contributed by atoms with Crippen molar-refractivity contribution in [2.45, 2.75) is 6.54 Å². The van der Waals surface area contributed by atoms with Crippen LogP contribution in [0.3, 0.4) is 0 Å². The molecule has 0 spiro atoms. The molecule has 1 heterocycles. The monoisotopic (exact) mass is 379 g/mol. The van der Waals surface area contributed by atoms with Crippen LogP contribution in [0.15, 0.2) is 53.4 Å². The first-order valence-electron chi connectivity index (χ1n) is 6.78. The van der Waals surface area contributed by atoms with Crippen LogP contribution < -0.4 is 0 Å². The molecule has 0 atom stereocenters. The number of benzene rings is 2. The fourth-order valence-electron chi connectivity index (χ4n) is 2.12. The summed E-state index contributed by atoms with van der Waals surface area (Å²) >= 11 is 18.4. The first kappa shape index (κ1) is 16.5. The highest BCUT2D eigenvalue weighted by Crippen LogP contribution is 2.34. The van der Waals surface area contributed by atoms with E-state index in [9.17, 15) is 4.79 Å². The van der Waals surface area contributed by atoms with E-state index in [2.05, 4.69) is 0 Å². The van der Waals surface area contributed by atoms with Gasteiger partial charge in [-0.05, 0) is 53.2 Å². The number of rotatable bonds is 3. The number of amides is 1. The van der Waals surface area contributed by atoms with E-state index in [0.29, 0.717) is 21.6 Å². The number of nitrogens with zero attached hydrogens (tertiary/aromatic N) is 1. The Hall–Kier alpha value is -1.33. The summed E-state index contributed by atoms with van der Waals surface area (Å²) in [5.41, 5.74) is 1.94. The third kappa shape index (κ3) is 3.96. The van der Waals surface area contributed by atoms with Gasteiger partial charge < -0.3 is 0 Å². The van der Waals surface area contributed by atoms with Gasteiger partial charge in [-0.15, -0.1) is 0 Å². The Balaban J connectivity index is 1.79. The minimum absolute atomic E-state index is 0.0647. The third-order valence-corrected chi connectivity index (χ3v) is 5.29. The Bertz CT molecular complexity index is 785. The summed E-state index contributed by atoms with van der Waals surface area (Å²) in [5.74, 6) is 0. The fraction of sp³-hybridized carbons (Fsp3) is 0.0588. The molecular weight excluding hydrogens is 369 g/mol. The van der Waals surface area contributed by atoms with Crippen molar-refractivity contribution in [1.82, 2.24) is 4.90 Å². The van der Waals surface area contributed by atoms with E-state index < -0.39 is 0 Å². The molecule has 2 aromatic rings. The van der Waals surface area contributed by atoms with Crippen molar-refractivity contribution in [3.63, 3.8) is 0 Å². The highest BCUT2D eigenvalue weighted by molar-refractivity contribution is 8.19. The molecule has 0 radical (unpaired) electrons. The quantitative estimate of drug-likeness (QED) is 0.479. The lowest BCUT2D eigenvalue weighted by Gasteiger charge is -2.14. The lowest BCUT2D eigenvalue weighted by molar-refractivity contribution is 0.244. The molecule has 0 bridgehead atoms. The van der Waals surface area contributed by atoms with Gasteiger partial charge in [0.05, 0.1) is 11.4 Å². The van der Waals surface area contributed by atoms with Crippen LogP contribution in [0.25, 0.3) is 6.08 Å². The molecule has 1 fully saturated rings. The summed E-state index contributed by atoms with van der Waals surface area (Å²) in [4.78, 5) is 15.2. The lowest BCUT2D eigenvalue weighted by atomic mass is 10.2. The van der Waals surface area contributed by atoms with Crippen LogP contribution in [0.2, 0.25) is 10.0 Å². The van der Waals surface area contributed by atoms with Crippen LogP contribution in [-0.2, 0) is 6.54 Å². The summed E-state index contributed by atoms with van der Waals surface area (Å²) in [6.45, 7) is 0.444. The maximum absolute atomic E-state index is 12.2. The van der Waals surface area contributed by atoms with Gasteiger partial charge in [-0.25, -0.2) is 0 Å². The SMILES string of the molecule is O=C1S/C(=C/c2ccc(Cl)cc2)C(=S)N1Cc1ccc(Cl)cc1. The smallest absolute Gasteiger partial charge is 0.288 e. The van der Waals surface area contributed by atoms with E-state index in [0.717, 1.165) is 27.8 Å².